The number of nitrogens with zero attached hydrogens (tertiary/aromatic N) is 3. The molecular formula is C16H25N5O3. The minimum Gasteiger partial charge on any atom is -0.460 e. The van der Waals surface area contributed by atoms with Crippen LogP contribution in [-0.2, 0) is 11.3 Å². The number of aromatic nitrogens is 4. The highest BCUT2D eigenvalue weighted by Gasteiger charge is 2.19. The van der Waals surface area contributed by atoms with Crippen molar-refractivity contribution < 1.29 is 9.47 Å². The van der Waals surface area contributed by atoms with E-state index in [1.165, 1.54) is 0 Å². The van der Waals surface area contributed by atoms with E-state index in [0.717, 1.165) is 38.9 Å². The van der Waals surface area contributed by atoms with Crippen molar-refractivity contribution in [3.05, 3.63) is 10.5 Å². The van der Waals surface area contributed by atoms with Crippen molar-refractivity contribution in [1.29, 1.82) is 0 Å². The fourth-order valence-electron chi connectivity index (χ4n) is 3.06. The lowest BCUT2D eigenvalue weighted by atomic mass is 10.1. The molecule has 1 fully saturated rings. The molecule has 0 bridgehead atoms. The van der Waals surface area contributed by atoms with Crippen LogP contribution in [0.1, 0.15) is 39.5 Å². The van der Waals surface area contributed by atoms with Crippen molar-refractivity contribution in [3.8, 4) is 6.01 Å². The van der Waals surface area contributed by atoms with Crippen LogP contribution in [0.25, 0.3) is 11.2 Å². The summed E-state index contributed by atoms with van der Waals surface area (Å²) in [5.74, 6) is 0.722. The summed E-state index contributed by atoms with van der Waals surface area (Å²) in [4.78, 5) is 23.6. The second-order valence-corrected chi connectivity index (χ2v) is 6.41. The van der Waals surface area contributed by atoms with Crippen molar-refractivity contribution in [3.63, 3.8) is 0 Å². The van der Waals surface area contributed by atoms with E-state index in [9.17, 15) is 4.79 Å². The summed E-state index contributed by atoms with van der Waals surface area (Å²) in [6, 6.07) is 0.220. The van der Waals surface area contributed by atoms with Crippen molar-refractivity contribution in [2.24, 2.45) is 5.92 Å². The number of hydrogen-bond acceptors (Lipinski definition) is 6. The van der Waals surface area contributed by atoms with E-state index in [0.29, 0.717) is 23.6 Å². The number of H-pyrrole nitrogens is 1. The summed E-state index contributed by atoms with van der Waals surface area (Å²) in [5.41, 5.74) is 6.73. The van der Waals surface area contributed by atoms with E-state index in [2.05, 4.69) is 21.9 Å². The maximum atomic E-state index is 12.2. The standard InChI is InChI=1S/C16H25N5O3/c1-3-4-10(2)24-15-19-13(17)12-14(20-15)21(16(22)18-12)7-5-11-6-8-23-9-11/h10-11H,3-9H2,1-2H3,(H,18,22)(H2,17,19,20)/t10-,11-/m1/s1. The fourth-order valence-corrected chi connectivity index (χ4v) is 3.06. The van der Waals surface area contributed by atoms with Crippen LogP contribution in [0, 0.1) is 5.92 Å². The van der Waals surface area contributed by atoms with Gasteiger partial charge < -0.3 is 20.2 Å². The molecule has 2 aromatic heterocycles. The number of anilines is 1. The fraction of sp³-hybridized carbons (Fsp3) is 0.688. The zero-order valence-electron chi connectivity index (χ0n) is 14.2. The number of imidazole rings is 1. The second-order valence-electron chi connectivity index (χ2n) is 6.41. The minimum absolute atomic E-state index is 0.00148. The second kappa shape index (κ2) is 7.21. The molecule has 1 aliphatic heterocycles. The van der Waals surface area contributed by atoms with Gasteiger partial charge in [0.05, 0.1) is 6.10 Å². The summed E-state index contributed by atoms with van der Waals surface area (Å²) < 4.78 is 12.7. The summed E-state index contributed by atoms with van der Waals surface area (Å²) in [5, 5.41) is 0. The van der Waals surface area contributed by atoms with Crippen LogP contribution in [0.5, 0.6) is 6.01 Å². The third kappa shape index (κ3) is 3.53. The number of fused-ring (bicyclic) bond motifs is 1. The SMILES string of the molecule is CCC[C@@H](C)Oc1nc(N)c2[nH]c(=O)n(CC[C@@H]3CCOC3)c2n1. The molecule has 0 unspecified atom stereocenters. The van der Waals surface area contributed by atoms with E-state index in [1.807, 2.05) is 6.92 Å². The first-order chi connectivity index (χ1) is 11.6. The first-order valence-corrected chi connectivity index (χ1v) is 8.59. The van der Waals surface area contributed by atoms with Crippen LogP contribution < -0.4 is 16.2 Å². The molecule has 0 radical (unpaired) electrons. The normalized spacial score (nSPS) is 19.0. The molecule has 0 spiro atoms. The molecule has 3 N–H and O–H groups in total. The Bertz CT molecular complexity index is 748. The number of aryl methyl sites for hydroxylation is 1. The summed E-state index contributed by atoms with van der Waals surface area (Å²) >= 11 is 0. The Balaban J connectivity index is 1.86. The van der Waals surface area contributed by atoms with Crippen LogP contribution in [-0.4, -0.2) is 38.8 Å². The molecule has 3 heterocycles. The number of ether oxygens (including phenoxy) is 2. The average molecular weight is 335 g/mol. The Labute approximate surface area is 140 Å². The molecule has 0 aliphatic carbocycles. The summed E-state index contributed by atoms with van der Waals surface area (Å²) in [7, 11) is 0. The topological polar surface area (TPSA) is 108 Å². The lowest BCUT2D eigenvalue weighted by Crippen LogP contribution is -2.19. The lowest BCUT2D eigenvalue weighted by Gasteiger charge is -2.13. The molecule has 2 aromatic rings. The van der Waals surface area contributed by atoms with E-state index in [-0.39, 0.29) is 23.6 Å². The molecule has 3 rings (SSSR count). The first kappa shape index (κ1) is 16.8. The van der Waals surface area contributed by atoms with Crippen LogP contribution in [0.15, 0.2) is 4.79 Å². The van der Waals surface area contributed by atoms with Crippen molar-refractivity contribution in [2.45, 2.75) is 52.2 Å². The maximum Gasteiger partial charge on any atom is 0.327 e. The molecule has 8 nitrogen and oxygen atoms in total. The third-order valence-electron chi connectivity index (χ3n) is 4.42. The molecule has 0 amide bonds. The predicted molar refractivity (Wildman–Crippen MR) is 91.1 cm³/mol. The average Bonchev–Trinajstić information content (AvgIpc) is 3.14. The zero-order chi connectivity index (χ0) is 17.1. The van der Waals surface area contributed by atoms with Gasteiger partial charge in [-0.2, -0.15) is 9.97 Å². The number of nitrogen functional groups attached to an aromatic ring is 1. The molecule has 0 aromatic carbocycles. The molecule has 1 saturated heterocycles. The van der Waals surface area contributed by atoms with Gasteiger partial charge in [-0.1, -0.05) is 13.3 Å². The van der Waals surface area contributed by atoms with Gasteiger partial charge in [0.1, 0.15) is 5.52 Å². The van der Waals surface area contributed by atoms with Crippen LogP contribution in [0.3, 0.4) is 0 Å². The van der Waals surface area contributed by atoms with Gasteiger partial charge in [0.25, 0.3) is 0 Å². The van der Waals surface area contributed by atoms with E-state index >= 15 is 0 Å². The van der Waals surface area contributed by atoms with Gasteiger partial charge in [-0.3, -0.25) is 4.57 Å². The number of aromatic amines is 1. The van der Waals surface area contributed by atoms with Gasteiger partial charge in [0.15, 0.2) is 11.5 Å². The summed E-state index contributed by atoms with van der Waals surface area (Å²) in [6.45, 7) is 6.20. The van der Waals surface area contributed by atoms with Gasteiger partial charge in [-0.05, 0) is 32.1 Å². The number of nitrogens with one attached hydrogen (secondary N) is 1. The Morgan fingerprint density at radius 1 is 1.50 bits per heavy atom. The molecule has 8 heteroatoms. The Morgan fingerprint density at radius 2 is 2.33 bits per heavy atom. The minimum atomic E-state index is -0.219. The molecular weight excluding hydrogens is 310 g/mol. The quantitative estimate of drug-likeness (QED) is 0.797. The van der Waals surface area contributed by atoms with E-state index < -0.39 is 0 Å². The number of rotatable bonds is 7. The first-order valence-electron chi connectivity index (χ1n) is 8.59. The van der Waals surface area contributed by atoms with Crippen LogP contribution in [0.4, 0.5) is 5.82 Å². The van der Waals surface area contributed by atoms with E-state index in [4.69, 9.17) is 15.2 Å². The van der Waals surface area contributed by atoms with Crippen molar-refractivity contribution in [2.75, 3.05) is 18.9 Å². The third-order valence-corrected chi connectivity index (χ3v) is 4.42. The Hall–Kier alpha value is -2.09. The monoisotopic (exact) mass is 335 g/mol. The smallest absolute Gasteiger partial charge is 0.327 e. The van der Waals surface area contributed by atoms with Gasteiger partial charge in [0, 0.05) is 19.8 Å². The Morgan fingerprint density at radius 3 is 3.04 bits per heavy atom. The lowest BCUT2D eigenvalue weighted by molar-refractivity contribution is 0.183. The molecule has 2 atom stereocenters. The predicted octanol–water partition coefficient (Wildman–Crippen LogP) is 1.70. The molecule has 0 saturated carbocycles. The molecule has 132 valence electrons. The van der Waals surface area contributed by atoms with Crippen LogP contribution in [0.2, 0.25) is 0 Å². The van der Waals surface area contributed by atoms with E-state index in [1.54, 1.807) is 4.57 Å². The Kier molecular flexibility index (Phi) is 5.03. The van der Waals surface area contributed by atoms with Gasteiger partial charge in [-0.15, -0.1) is 0 Å². The highest BCUT2D eigenvalue weighted by Crippen LogP contribution is 2.21. The van der Waals surface area contributed by atoms with Gasteiger partial charge >= 0.3 is 11.7 Å². The molecule has 1 aliphatic rings. The van der Waals surface area contributed by atoms with Crippen molar-refractivity contribution in [1.82, 2.24) is 19.5 Å². The van der Waals surface area contributed by atoms with Crippen molar-refractivity contribution >= 4 is 17.0 Å². The summed E-state index contributed by atoms with van der Waals surface area (Å²) in [6.07, 6.45) is 3.83. The highest BCUT2D eigenvalue weighted by atomic mass is 16.5. The van der Waals surface area contributed by atoms with Gasteiger partial charge in [0.2, 0.25) is 0 Å². The zero-order valence-corrected chi connectivity index (χ0v) is 14.2. The highest BCUT2D eigenvalue weighted by molar-refractivity contribution is 5.81. The number of hydrogen-bond donors (Lipinski definition) is 2. The van der Waals surface area contributed by atoms with Crippen LogP contribution >= 0.6 is 0 Å². The molecule has 24 heavy (non-hydrogen) atoms. The largest absolute Gasteiger partial charge is 0.460 e. The maximum absolute atomic E-state index is 12.2. The van der Waals surface area contributed by atoms with Gasteiger partial charge in [-0.25, -0.2) is 4.79 Å². The number of nitrogens with two attached hydrogens (primary N) is 1.